The van der Waals surface area contributed by atoms with Crippen LogP contribution in [0.1, 0.15) is 39.0 Å². The van der Waals surface area contributed by atoms with Gasteiger partial charge in [-0.15, -0.1) is 0 Å². The van der Waals surface area contributed by atoms with Gasteiger partial charge in [-0.1, -0.05) is 19.8 Å². The molecule has 0 aliphatic heterocycles. The van der Waals surface area contributed by atoms with E-state index in [0.29, 0.717) is 23.2 Å². The Bertz CT molecular complexity index is 448. The van der Waals surface area contributed by atoms with E-state index in [4.69, 9.17) is 15.2 Å². The Labute approximate surface area is 121 Å². The molecule has 2 rings (SSSR count). The Hall–Kier alpha value is -1.58. The van der Waals surface area contributed by atoms with E-state index in [2.05, 4.69) is 12.2 Å². The van der Waals surface area contributed by atoms with Crippen molar-refractivity contribution >= 4 is 11.4 Å². The molecule has 0 radical (unpaired) electrons. The van der Waals surface area contributed by atoms with Crippen LogP contribution in [0.4, 0.5) is 11.4 Å². The normalized spacial score (nSPS) is 22.9. The molecule has 0 aromatic heterocycles. The van der Waals surface area contributed by atoms with Crippen molar-refractivity contribution in [1.29, 1.82) is 0 Å². The molecule has 1 saturated carbocycles. The second-order valence-electron chi connectivity index (χ2n) is 5.75. The molecular formula is C16H26N2O2. The lowest BCUT2D eigenvalue weighted by Gasteiger charge is -2.20. The highest BCUT2D eigenvalue weighted by atomic mass is 16.5. The van der Waals surface area contributed by atoms with Crippen LogP contribution >= 0.6 is 0 Å². The summed E-state index contributed by atoms with van der Waals surface area (Å²) in [5.41, 5.74) is 7.76. The minimum Gasteiger partial charge on any atom is -0.493 e. The summed E-state index contributed by atoms with van der Waals surface area (Å²) < 4.78 is 10.6. The zero-order valence-corrected chi connectivity index (χ0v) is 12.7. The maximum absolute atomic E-state index is 6.11. The Morgan fingerprint density at radius 2 is 1.75 bits per heavy atom. The largest absolute Gasteiger partial charge is 0.493 e. The molecular weight excluding hydrogens is 252 g/mol. The molecule has 1 aliphatic carbocycles. The Balaban J connectivity index is 2.12. The van der Waals surface area contributed by atoms with Gasteiger partial charge < -0.3 is 20.5 Å². The standard InChI is InChI=1S/C16H26N2O2/c1-11-5-4-6-12(8-7-11)18-14-10-16(20-3)15(19-2)9-13(14)17/h9-12,18H,4-8,17H2,1-3H3. The van der Waals surface area contributed by atoms with Gasteiger partial charge in [0, 0.05) is 18.2 Å². The van der Waals surface area contributed by atoms with Crippen LogP contribution in [0.25, 0.3) is 0 Å². The molecule has 0 spiro atoms. The van der Waals surface area contributed by atoms with Gasteiger partial charge in [0.25, 0.3) is 0 Å². The van der Waals surface area contributed by atoms with Crippen molar-refractivity contribution in [3.8, 4) is 11.5 Å². The molecule has 0 amide bonds. The number of benzene rings is 1. The van der Waals surface area contributed by atoms with Gasteiger partial charge in [-0.3, -0.25) is 0 Å². The number of rotatable bonds is 4. The topological polar surface area (TPSA) is 56.5 Å². The fourth-order valence-corrected chi connectivity index (χ4v) is 2.87. The summed E-state index contributed by atoms with van der Waals surface area (Å²) in [7, 11) is 3.27. The fraction of sp³-hybridized carbons (Fsp3) is 0.625. The Morgan fingerprint density at radius 1 is 1.05 bits per heavy atom. The summed E-state index contributed by atoms with van der Waals surface area (Å²) >= 11 is 0. The predicted octanol–water partition coefficient (Wildman–Crippen LogP) is 3.67. The SMILES string of the molecule is COc1cc(N)c(NC2CCCC(C)CC2)cc1OC. The van der Waals surface area contributed by atoms with Crippen LogP contribution in [0.5, 0.6) is 11.5 Å². The second-order valence-corrected chi connectivity index (χ2v) is 5.75. The summed E-state index contributed by atoms with van der Waals surface area (Å²) in [6, 6.07) is 4.25. The van der Waals surface area contributed by atoms with Crippen LogP contribution in [-0.2, 0) is 0 Å². The van der Waals surface area contributed by atoms with Gasteiger partial charge >= 0.3 is 0 Å². The van der Waals surface area contributed by atoms with Crippen LogP contribution in [0.15, 0.2) is 12.1 Å². The highest BCUT2D eigenvalue weighted by molar-refractivity contribution is 5.72. The lowest BCUT2D eigenvalue weighted by Crippen LogP contribution is -2.19. The van der Waals surface area contributed by atoms with E-state index < -0.39 is 0 Å². The first-order chi connectivity index (χ1) is 9.63. The molecule has 4 nitrogen and oxygen atoms in total. The van der Waals surface area contributed by atoms with Crippen molar-refractivity contribution in [3.63, 3.8) is 0 Å². The fourth-order valence-electron chi connectivity index (χ4n) is 2.87. The lowest BCUT2D eigenvalue weighted by molar-refractivity contribution is 0.355. The van der Waals surface area contributed by atoms with Crippen molar-refractivity contribution in [2.75, 3.05) is 25.3 Å². The second kappa shape index (κ2) is 6.73. The number of hydrogen-bond acceptors (Lipinski definition) is 4. The Morgan fingerprint density at radius 3 is 2.45 bits per heavy atom. The number of ether oxygens (including phenoxy) is 2. The quantitative estimate of drug-likeness (QED) is 0.652. The summed E-state index contributed by atoms with van der Waals surface area (Å²) in [6.07, 6.45) is 6.31. The van der Waals surface area contributed by atoms with E-state index in [1.54, 1.807) is 14.2 Å². The number of methoxy groups -OCH3 is 2. The molecule has 112 valence electrons. The third kappa shape index (κ3) is 3.50. The maximum Gasteiger partial charge on any atom is 0.162 e. The van der Waals surface area contributed by atoms with Crippen molar-refractivity contribution in [3.05, 3.63) is 12.1 Å². The molecule has 3 N–H and O–H groups in total. The smallest absolute Gasteiger partial charge is 0.162 e. The zero-order chi connectivity index (χ0) is 14.5. The third-order valence-electron chi connectivity index (χ3n) is 4.17. The van der Waals surface area contributed by atoms with Crippen molar-refractivity contribution in [2.24, 2.45) is 5.92 Å². The summed E-state index contributed by atoms with van der Waals surface area (Å²) in [5, 5.41) is 3.58. The van der Waals surface area contributed by atoms with Gasteiger partial charge in [-0.05, 0) is 25.2 Å². The Kier molecular flexibility index (Phi) is 4.99. The maximum atomic E-state index is 6.11. The van der Waals surface area contributed by atoms with E-state index in [-0.39, 0.29) is 0 Å². The molecule has 2 unspecified atom stereocenters. The average molecular weight is 278 g/mol. The number of nitrogen functional groups attached to an aromatic ring is 1. The highest BCUT2D eigenvalue weighted by Crippen LogP contribution is 2.36. The molecule has 0 heterocycles. The predicted molar refractivity (Wildman–Crippen MR) is 83.6 cm³/mol. The number of anilines is 2. The summed E-state index contributed by atoms with van der Waals surface area (Å²) in [5.74, 6) is 2.22. The number of nitrogens with one attached hydrogen (secondary N) is 1. The molecule has 2 atom stereocenters. The summed E-state index contributed by atoms with van der Waals surface area (Å²) in [6.45, 7) is 2.34. The molecule has 0 bridgehead atoms. The first-order valence-electron chi connectivity index (χ1n) is 7.42. The van der Waals surface area contributed by atoms with Gasteiger partial charge in [0.1, 0.15) is 0 Å². The molecule has 0 saturated heterocycles. The van der Waals surface area contributed by atoms with Gasteiger partial charge in [-0.25, -0.2) is 0 Å². The van der Waals surface area contributed by atoms with E-state index in [9.17, 15) is 0 Å². The van der Waals surface area contributed by atoms with E-state index in [1.165, 1.54) is 32.1 Å². The molecule has 4 heteroatoms. The average Bonchev–Trinajstić information content (AvgIpc) is 2.65. The molecule has 1 aromatic carbocycles. The monoisotopic (exact) mass is 278 g/mol. The van der Waals surface area contributed by atoms with Crippen LogP contribution < -0.4 is 20.5 Å². The summed E-state index contributed by atoms with van der Waals surface area (Å²) in [4.78, 5) is 0. The van der Waals surface area contributed by atoms with Gasteiger partial charge in [-0.2, -0.15) is 0 Å². The number of nitrogens with two attached hydrogens (primary N) is 1. The lowest BCUT2D eigenvalue weighted by atomic mass is 10.0. The van der Waals surface area contributed by atoms with Gasteiger partial charge in [0.05, 0.1) is 25.6 Å². The van der Waals surface area contributed by atoms with Crippen molar-refractivity contribution in [1.82, 2.24) is 0 Å². The van der Waals surface area contributed by atoms with Crippen molar-refractivity contribution < 1.29 is 9.47 Å². The van der Waals surface area contributed by atoms with Gasteiger partial charge in [0.2, 0.25) is 0 Å². The van der Waals surface area contributed by atoms with E-state index in [1.807, 2.05) is 12.1 Å². The van der Waals surface area contributed by atoms with E-state index >= 15 is 0 Å². The first kappa shape index (κ1) is 14.8. The molecule has 20 heavy (non-hydrogen) atoms. The molecule has 1 aliphatic rings. The highest BCUT2D eigenvalue weighted by Gasteiger charge is 2.18. The zero-order valence-electron chi connectivity index (χ0n) is 12.7. The minimum absolute atomic E-state index is 0.500. The van der Waals surface area contributed by atoms with Gasteiger partial charge in [0.15, 0.2) is 11.5 Å². The van der Waals surface area contributed by atoms with Crippen LogP contribution in [-0.4, -0.2) is 20.3 Å². The van der Waals surface area contributed by atoms with Crippen LogP contribution in [0.3, 0.4) is 0 Å². The molecule has 1 fully saturated rings. The molecule has 1 aromatic rings. The van der Waals surface area contributed by atoms with Crippen LogP contribution in [0, 0.1) is 5.92 Å². The minimum atomic E-state index is 0.500. The van der Waals surface area contributed by atoms with E-state index in [0.717, 1.165) is 11.6 Å². The van der Waals surface area contributed by atoms with Crippen LogP contribution in [0.2, 0.25) is 0 Å². The first-order valence-corrected chi connectivity index (χ1v) is 7.42. The third-order valence-corrected chi connectivity index (χ3v) is 4.17. The number of hydrogen-bond donors (Lipinski definition) is 2. The van der Waals surface area contributed by atoms with Crippen molar-refractivity contribution in [2.45, 2.75) is 45.1 Å².